The largest absolute Gasteiger partial charge is 0.382 e. The molecule has 162 valence electrons. The molecule has 2 aromatic carbocycles. The molecule has 4 rings (SSSR count). The Morgan fingerprint density at radius 2 is 1.94 bits per heavy atom. The van der Waals surface area contributed by atoms with Gasteiger partial charge in [0.1, 0.15) is 5.82 Å². The average molecular weight is 433 g/mol. The van der Waals surface area contributed by atoms with Crippen LogP contribution in [0.2, 0.25) is 0 Å². The molecule has 0 aliphatic carbocycles. The smallest absolute Gasteiger partial charge is 0.259 e. The number of anilines is 2. The molecule has 32 heavy (non-hydrogen) atoms. The van der Waals surface area contributed by atoms with Gasteiger partial charge in [0, 0.05) is 17.7 Å². The van der Waals surface area contributed by atoms with E-state index >= 15 is 0 Å². The first-order chi connectivity index (χ1) is 15.5. The second kappa shape index (κ2) is 9.12. The SMILES string of the molecule is CN=N/N=C(\N)c1ccc(CCNc2nc(N)n3nc(-c4cccc(F)c4)nc3n2)cc1. The molecule has 5 N–H and O–H groups in total. The van der Waals surface area contributed by atoms with Crippen LogP contribution in [-0.2, 0) is 6.42 Å². The van der Waals surface area contributed by atoms with Crippen LogP contribution in [0.1, 0.15) is 11.1 Å². The number of hydrogen-bond donors (Lipinski definition) is 3. The van der Waals surface area contributed by atoms with Crippen LogP contribution in [0.4, 0.5) is 16.3 Å². The number of benzene rings is 2. The Morgan fingerprint density at radius 3 is 2.69 bits per heavy atom. The Kier molecular flexibility index (Phi) is 5.92. The lowest BCUT2D eigenvalue weighted by atomic mass is 10.1. The molecular formula is C20H20FN11. The third-order valence-corrected chi connectivity index (χ3v) is 4.50. The van der Waals surface area contributed by atoms with E-state index in [1.807, 2.05) is 24.3 Å². The molecule has 0 fully saturated rings. The van der Waals surface area contributed by atoms with E-state index in [0.29, 0.717) is 36.1 Å². The minimum Gasteiger partial charge on any atom is -0.382 e. The van der Waals surface area contributed by atoms with Gasteiger partial charge in [-0.05, 0) is 29.3 Å². The van der Waals surface area contributed by atoms with E-state index in [2.05, 4.69) is 40.8 Å². The lowest BCUT2D eigenvalue weighted by Crippen LogP contribution is -2.13. The van der Waals surface area contributed by atoms with Crippen LogP contribution >= 0.6 is 0 Å². The molecule has 0 amide bonds. The fraction of sp³-hybridized carbons (Fsp3) is 0.150. The molecule has 0 atom stereocenters. The minimum atomic E-state index is -0.378. The van der Waals surface area contributed by atoms with Crippen LogP contribution in [0.25, 0.3) is 17.2 Å². The Hall–Kier alpha value is -4.48. The fourth-order valence-corrected chi connectivity index (χ4v) is 2.95. The predicted molar refractivity (Wildman–Crippen MR) is 119 cm³/mol. The molecule has 0 aliphatic rings. The van der Waals surface area contributed by atoms with Gasteiger partial charge < -0.3 is 16.8 Å². The maximum absolute atomic E-state index is 13.5. The van der Waals surface area contributed by atoms with Crippen LogP contribution in [0.3, 0.4) is 0 Å². The highest BCUT2D eigenvalue weighted by Crippen LogP contribution is 2.18. The monoisotopic (exact) mass is 433 g/mol. The highest BCUT2D eigenvalue weighted by atomic mass is 19.1. The van der Waals surface area contributed by atoms with Crippen LogP contribution < -0.4 is 16.8 Å². The molecule has 0 saturated carbocycles. The summed E-state index contributed by atoms with van der Waals surface area (Å²) in [7, 11) is 1.52. The van der Waals surface area contributed by atoms with E-state index < -0.39 is 0 Å². The summed E-state index contributed by atoms with van der Waals surface area (Å²) in [4.78, 5) is 12.9. The first-order valence-corrected chi connectivity index (χ1v) is 9.65. The van der Waals surface area contributed by atoms with Crippen molar-refractivity contribution >= 4 is 23.5 Å². The number of aromatic nitrogens is 5. The van der Waals surface area contributed by atoms with Crippen molar-refractivity contribution in [1.29, 1.82) is 0 Å². The third kappa shape index (κ3) is 4.64. The number of nitrogen functional groups attached to an aromatic ring is 1. The van der Waals surface area contributed by atoms with Crippen LogP contribution in [0.5, 0.6) is 0 Å². The van der Waals surface area contributed by atoms with Crippen molar-refractivity contribution in [3.63, 3.8) is 0 Å². The lowest BCUT2D eigenvalue weighted by molar-refractivity contribution is 0.628. The zero-order chi connectivity index (χ0) is 22.5. The van der Waals surface area contributed by atoms with Crippen molar-refractivity contribution in [3.8, 4) is 11.4 Å². The standard InChI is InChI=1S/C20H20FN11/c1-24-31-29-16(22)13-7-5-12(6-8-13)9-10-25-19-27-18(23)32-20(28-19)26-17(30-32)14-3-2-4-15(21)11-14/h2-8,11H,9-10H2,1H3,(H2,22,24,29)(H3,23,25,26,27,28,30). The Bertz CT molecular complexity index is 1290. The lowest BCUT2D eigenvalue weighted by Gasteiger charge is -2.06. The predicted octanol–water partition coefficient (Wildman–Crippen LogP) is 2.26. The summed E-state index contributed by atoms with van der Waals surface area (Å²) in [6.45, 7) is 0.563. The van der Waals surface area contributed by atoms with Gasteiger partial charge in [0.05, 0.1) is 7.05 Å². The van der Waals surface area contributed by atoms with Gasteiger partial charge in [-0.1, -0.05) is 36.4 Å². The summed E-state index contributed by atoms with van der Waals surface area (Å²) in [6, 6.07) is 13.6. The first kappa shape index (κ1) is 20.8. The van der Waals surface area contributed by atoms with Gasteiger partial charge in [0.25, 0.3) is 5.78 Å². The summed E-state index contributed by atoms with van der Waals surface area (Å²) in [5.74, 6) is 0.941. The van der Waals surface area contributed by atoms with Gasteiger partial charge in [-0.3, -0.25) is 0 Å². The fourth-order valence-electron chi connectivity index (χ4n) is 2.95. The Labute approximate surface area is 182 Å². The third-order valence-electron chi connectivity index (χ3n) is 4.50. The summed E-state index contributed by atoms with van der Waals surface area (Å²) in [5, 5.41) is 18.2. The summed E-state index contributed by atoms with van der Waals surface area (Å²) < 4.78 is 14.8. The van der Waals surface area contributed by atoms with Crippen molar-refractivity contribution in [2.75, 3.05) is 24.6 Å². The molecule has 0 bridgehead atoms. The highest BCUT2D eigenvalue weighted by molar-refractivity contribution is 5.97. The number of halogens is 1. The van der Waals surface area contributed by atoms with Gasteiger partial charge in [-0.2, -0.15) is 24.6 Å². The quantitative estimate of drug-likeness (QED) is 0.175. The Morgan fingerprint density at radius 1 is 1.12 bits per heavy atom. The van der Waals surface area contributed by atoms with Gasteiger partial charge >= 0.3 is 0 Å². The number of amidine groups is 1. The molecule has 0 radical (unpaired) electrons. The Balaban J connectivity index is 1.43. The van der Waals surface area contributed by atoms with Gasteiger partial charge in [0.15, 0.2) is 11.7 Å². The van der Waals surface area contributed by atoms with E-state index in [4.69, 9.17) is 11.5 Å². The first-order valence-electron chi connectivity index (χ1n) is 9.65. The van der Waals surface area contributed by atoms with Crippen molar-refractivity contribution < 1.29 is 4.39 Å². The molecule has 2 heterocycles. The second-order valence-corrected chi connectivity index (χ2v) is 6.71. The van der Waals surface area contributed by atoms with Crippen LogP contribution in [-0.4, -0.2) is 44.0 Å². The summed E-state index contributed by atoms with van der Waals surface area (Å²) in [5.41, 5.74) is 14.2. The van der Waals surface area contributed by atoms with E-state index in [9.17, 15) is 4.39 Å². The number of nitrogens with zero attached hydrogens (tertiary/aromatic N) is 8. The number of nitrogens with two attached hydrogens (primary N) is 2. The maximum Gasteiger partial charge on any atom is 0.259 e. The molecule has 2 aromatic heterocycles. The number of nitrogens with one attached hydrogen (secondary N) is 1. The van der Waals surface area contributed by atoms with Crippen molar-refractivity contribution in [3.05, 3.63) is 65.5 Å². The zero-order valence-electron chi connectivity index (χ0n) is 17.1. The average Bonchev–Trinajstić information content (AvgIpc) is 3.23. The summed E-state index contributed by atoms with van der Waals surface area (Å²) >= 11 is 0. The zero-order valence-corrected chi connectivity index (χ0v) is 17.1. The van der Waals surface area contributed by atoms with Crippen LogP contribution in [0, 0.1) is 5.82 Å². The molecule has 4 aromatic rings. The van der Waals surface area contributed by atoms with Crippen molar-refractivity contribution in [1.82, 2.24) is 24.6 Å². The van der Waals surface area contributed by atoms with E-state index in [1.165, 1.54) is 23.7 Å². The maximum atomic E-state index is 13.5. The highest BCUT2D eigenvalue weighted by Gasteiger charge is 2.12. The molecule has 11 nitrogen and oxygen atoms in total. The number of hydrogen-bond acceptors (Lipinski definition) is 8. The number of fused-ring (bicyclic) bond motifs is 1. The molecule has 0 saturated heterocycles. The van der Waals surface area contributed by atoms with Crippen molar-refractivity contribution in [2.24, 2.45) is 21.2 Å². The topological polar surface area (TPSA) is 157 Å². The van der Waals surface area contributed by atoms with Crippen LogP contribution in [0.15, 0.2) is 64.0 Å². The van der Waals surface area contributed by atoms with E-state index in [0.717, 1.165) is 11.1 Å². The molecule has 0 aliphatic heterocycles. The van der Waals surface area contributed by atoms with E-state index in [1.54, 1.807) is 12.1 Å². The molecule has 12 heteroatoms. The van der Waals surface area contributed by atoms with E-state index in [-0.39, 0.29) is 17.5 Å². The molecular weight excluding hydrogens is 413 g/mol. The normalized spacial score (nSPS) is 12.0. The van der Waals surface area contributed by atoms with Crippen molar-refractivity contribution in [2.45, 2.75) is 6.42 Å². The van der Waals surface area contributed by atoms with Gasteiger partial charge in [0.2, 0.25) is 11.9 Å². The minimum absolute atomic E-state index is 0.121. The molecule has 0 spiro atoms. The summed E-state index contributed by atoms with van der Waals surface area (Å²) in [6.07, 6.45) is 0.710. The molecule has 0 unspecified atom stereocenters. The van der Waals surface area contributed by atoms with Gasteiger partial charge in [-0.15, -0.1) is 10.2 Å². The number of rotatable bonds is 7. The van der Waals surface area contributed by atoms with Gasteiger partial charge in [-0.25, -0.2) is 4.39 Å². The second-order valence-electron chi connectivity index (χ2n) is 6.71.